The van der Waals surface area contributed by atoms with Crippen LogP contribution in [0.15, 0.2) is 30.5 Å². The molecule has 1 amide bonds. The SMILES string of the molecule is CNc1cc(C)ccc1C(=O)NCc1ccnn1C. The second-order valence-electron chi connectivity index (χ2n) is 4.43. The number of hydrogen-bond donors (Lipinski definition) is 2. The third kappa shape index (κ3) is 2.93. The molecule has 1 aromatic carbocycles. The van der Waals surface area contributed by atoms with Gasteiger partial charge in [-0.25, -0.2) is 0 Å². The van der Waals surface area contributed by atoms with Crippen molar-refractivity contribution in [2.45, 2.75) is 13.5 Å². The number of carbonyl (C=O) groups is 1. The molecule has 1 heterocycles. The summed E-state index contributed by atoms with van der Waals surface area (Å²) in [6, 6.07) is 7.60. The Bertz CT molecular complexity index is 589. The predicted octanol–water partition coefficient (Wildman–Crippen LogP) is 1.70. The number of rotatable bonds is 4. The molecule has 100 valence electrons. The van der Waals surface area contributed by atoms with E-state index in [2.05, 4.69) is 15.7 Å². The lowest BCUT2D eigenvalue weighted by molar-refractivity contribution is 0.0951. The Balaban J connectivity index is 2.10. The van der Waals surface area contributed by atoms with Gasteiger partial charge in [0.05, 0.1) is 17.8 Å². The van der Waals surface area contributed by atoms with Crippen molar-refractivity contribution in [2.75, 3.05) is 12.4 Å². The minimum Gasteiger partial charge on any atom is -0.387 e. The Hall–Kier alpha value is -2.30. The molecule has 1 aromatic heterocycles. The van der Waals surface area contributed by atoms with Gasteiger partial charge in [0, 0.05) is 26.0 Å². The zero-order valence-corrected chi connectivity index (χ0v) is 11.4. The highest BCUT2D eigenvalue weighted by Gasteiger charge is 2.11. The first-order chi connectivity index (χ1) is 9.11. The Morgan fingerprint density at radius 3 is 2.79 bits per heavy atom. The molecule has 0 aliphatic carbocycles. The van der Waals surface area contributed by atoms with Crippen LogP contribution in [0.4, 0.5) is 5.69 Å². The van der Waals surface area contributed by atoms with Gasteiger partial charge in [0.25, 0.3) is 5.91 Å². The quantitative estimate of drug-likeness (QED) is 0.877. The van der Waals surface area contributed by atoms with Crippen LogP contribution in [-0.4, -0.2) is 22.7 Å². The van der Waals surface area contributed by atoms with Gasteiger partial charge in [0.2, 0.25) is 0 Å². The lowest BCUT2D eigenvalue weighted by Crippen LogP contribution is -2.24. The molecule has 0 radical (unpaired) electrons. The van der Waals surface area contributed by atoms with E-state index in [0.717, 1.165) is 16.9 Å². The summed E-state index contributed by atoms with van der Waals surface area (Å²) in [7, 11) is 3.67. The molecule has 19 heavy (non-hydrogen) atoms. The summed E-state index contributed by atoms with van der Waals surface area (Å²) in [5.41, 5.74) is 3.57. The number of hydrogen-bond acceptors (Lipinski definition) is 3. The molecule has 0 saturated heterocycles. The lowest BCUT2D eigenvalue weighted by atomic mass is 10.1. The summed E-state index contributed by atoms with van der Waals surface area (Å²) in [5, 5.41) is 10.0. The predicted molar refractivity (Wildman–Crippen MR) is 75.1 cm³/mol. The zero-order valence-electron chi connectivity index (χ0n) is 11.4. The van der Waals surface area contributed by atoms with E-state index in [-0.39, 0.29) is 5.91 Å². The van der Waals surface area contributed by atoms with E-state index < -0.39 is 0 Å². The standard InChI is InChI=1S/C14H18N4O/c1-10-4-5-12(13(8-10)15-2)14(19)16-9-11-6-7-17-18(11)3/h4-8,15H,9H2,1-3H3,(H,16,19). The van der Waals surface area contributed by atoms with E-state index in [9.17, 15) is 4.79 Å². The molecular weight excluding hydrogens is 240 g/mol. The third-order valence-electron chi connectivity index (χ3n) is 3.04. The molecule has 0 unspecified atom stereocenters. The van der Waals surface area contributed by atoms with Gasteiger partial charge in [0.15, 0.2) is 0 Å². The molecule has 0 aliphatic heterocycles. The zero-order chi connectivity index (χ0) is 13.8. The Kier molecular flexibility index (Phi) is 3.85. The number of anilines is 1. The molecule has 0 saturated carbocycles. The van der Waals surface area contributed by atoms with Crippen molar-refractivity contribution in [3.05, 3.63) is 47.3 Å². The molecule has 2 rings (SSSR count). The molecule has 5 heteroatoms. The van der Waals surface area contributed by atoms with E-state index in [4.69, 9.17) is 0 Å². The second-order valence-corrected chi connectivity index (χ2v) is 4.43. The largest absolute Gasteiger partial charge is 0.387 e. The topological polar surface area (TPSA) is 59.0 Å². The van der Waals surface area contributed by atoms with E-state index >= 15 is 0 Å². The van der Waals surface area contributed by atoms with Gasteiger partial charge in [0.1, 0.15) is 0 Å². The van der Waals surface area contributed by atoms with Gasteiger partial charge in [-0.15, -0.1) is 0 Å². The molecule has 2 N–H and O–H groups in total. The maximum Gasteiger partial charge on any atom is 0.253 e. The van der Waals surface area contributed by atoms with Crippen LogP contribution in [0.3, 0.4) is 0 Å². The number of carbonyl (C=O) groups excluding carboxylic acids is 1. The number of amides is 1. The van der Waals surface area contributed by atoms with Crippen LogP contribution >= 0.6 is 0 Å². The van der Waals surface area contributed by atoms with Crippen molar-refractivity contribution < 1.29 is 4.79 Å². The minimum absolute atomic E-state index is 0.0921. The highest BCUT2D eigenvalue weighted by atomic mass is 16.1. The van der Waals surface area contributed by atoms with Gasteiger partial charge in [-0.3, -0.25) is 9.48 Å². The van der Waals surface area contributed by atoms with Crippen molar-refractivity contribution in [3.8, 4) is 0 Å². The summed E-state index contributed by atoms with van der Waals surface area (Å²) in [5.74, 6) is -0.0921. The molecule has 0 aliphatic rings. The monoisotopic (exact) mass is 258 g/mol. The maximum absolute atomic E-state index is 12.2. The summed E-state index contributed by atoms with van der Waals surface area (Å²) in [4.78, 5) is 12.2. The fraction of sp³-hybridized carbons (Fsp3) is 0.286. The first-order valence-corrected chi connectivity index (χ1v) is 6.15. The van der Waals surface area contributed by atoms with Gasteiger partial charge < -0.3 is 10.6 Å². The Labute approximate surface area is 112 Å². The first-order valence-electron chi connectivity index (χ1n) is 6.15. The van der Waals surface area contributed by atoms with Gasteiger partial charge in [-0.2, -0.15) is 5.10 Å². The van der Waals surface area contributed by atoms with Crippen LogP contribution in [0.25, 0.3) is 0 Å². The number of nitrogens with zero attached hydrogens (tertiary/aromatic N) is 2. The van der Waals surface area contributed by atoms with E-state index in [1.165, 1.54) is 0 Å². The van der Waals surface area contributed by atoms with E-state index in [1.54, 1.807) is 10.9 Å². The first kappa shape index (κ1) is 13.1. The fourth-order valence-electron chi connectivity index (χ4n) is 1.90. The number of aromatic nitrogens is 2. The van der Waals surface area contributed by atoms with E-state index in [0.29, 0.717) is 12.1 Å². The van der Waals surface area contributed by atoms with Crippen LogP contribution in [0.2, 0.25) is 0 Å². The van der Waals surface area contributed by atoms with Crippen molar-refractivity contribution in [1.82, 2.24) is 15.1 Å². The Morgan fingerprint density at radius 1 is 1.37 bits per heavy atom. The smallest absolute Gasteiger partial charge is 0.253 e. The maximum atomic E-state index is 12.2. The van der Waals surface area contributed by atoms with Crippen molar-refractivity contribution in [2.24, 2.45) is 7.05 Å². The van der Waals surface area contributed by atoms with Gasteiger partial charge in [-0.05, 0) is 30.7 Å². The van der Waals surface area contributed by atoms with Gasteiger partial charge >= 0.3 is 0 Å². The lowest BCUT2D eigenvalue weighted by Gasteiger charge is -2.10. The molecular formula is C14H18N4O. The number of aryl methyl sites for hydroxylation is 2. The van der Waals surface area contributed by atoms with Crippen LogP contribution in [0.5, 0.6) is 0 Å². The highest BCUT2D eigenvalue weighted by molar-refractivity contribution is 5.99. The van der Waals surface area contributed by atoms with Crippen molar-refractivity contribution >= 4 is 11.6 Å². The summed E-state index contributed by atoms with van der Waals surface area (Å²) in [6.45, 7) is 2.46. The normalized spacial score (nSPS) is 10.3. The molecule has 5 nitrogen and oxygen atoms in total. The fourth-order valence-corrected chi connectivity index (χ4v) is 1.90. The third-order valence-corrected chi connectivity index (χ3v) is 3.04. The van der Waals surface area contributed by atoms with Gasteiger partial charge in [-0.1, -0.05) is 6.07 Å². The van der Waals surface area contributed by atoms with Crippen LogP contribution in [0, 0.1) is 6.92 Å². The number of nitrogens with one attached hydrogen (secondary N) is 2. The Morgan fingerprint density at radius 2 is 2.16 bits per heavy atom. The minimum atomic E-state index is -0.0921. The van der Waals surface area contributed by atoms with Crippen LogP contribution in [-0.2, 0) is 13.6 Å². The van der Waals surface area contributed by atoms with E-state index in [1.807, 2.05) is 45.3 Å². The highest BCUT2D eigenvalue weighted by Crippen LogP contribution is 2.16. The number of benzene rings is 1. The van der Waals surface area contributed by atoms with Crippen molar-refractivity contribution in [3.63, 3.8) is 0 Å². The summed E-state index contributed by atoms with van der Waals surface area (Å²) < 4.78 is 1.74. The molecule has 0 fully saturated rings. The molecule has 0 spiro atoms. The molecule has 2 aromatic rings. The summed E-state index contributed by atoms with van der Waals surface area (Å²) >= 11 is 0. The summed E-state index contributed by atoms with van der Waals surface area (Å²) in [6.07, 6.45) is 1.71. The van der Waals surface area contributed by atoms with Crippen LogP contribution in [0.1, 0.15) is 21.6 Å². The average Bonchev–Trinajstić information content (AvgIpc) is 2.81. The molecule has 0 bridgehead atoms. The average molecular weight is 258 g/mol. The second kappa shape index (κ2) is 5.56. The van der Waals surface area contributed by atoms with Crippen molar-refractivity contribution in [1.29, 1.82) is 0 Å². The molecule has 0 atom stereocenters. The van der Waals surface area contributed by atoms with Crippen LogP contribution < -0.4 is 10.6 Å².